The van der Waals surface area contributed by atoms with Crippen LogP contribution in [-0.2, 0) is 9.47 Å². The molecule has 11 heteroatoms. The molecule has 3 N–H and O–H groups in total. The van der Waals surface area contributed by atoms with Gasteiger partial charge in [0.15, 0.2) is 5.65 Å². The maximum Gasteiger partial charge on any atom is 0.274 e. The largest absolute Gasteiger partial charge is 0.381 e. The van der Waals surface area contributed by atoms with Crippen molar-refractivity contribution in [1.82, 2.24) is 24.5 Å². The fourth-order valence-corrected chi connectivity index (χ4v) is 6.65. The monoisotopic (exact) mass is 505 g/mol. The van der Waals surface area contributed by atoms with Gasteiger partial charge in [0.1, 0.15) is 22.9 Å². The number of amides is 1. The molecule has 3 aromatic rings. The zero-order valence-corrected chi connectivity index (χ0v) is 20.9. The average Bonchev–Trinajstić information content (AvgIpc) is 3.67. The minimum Gasteiger partial charge on any atom is -0.381 e. The van der Waals surface area contributed by atoms with E-state index in [1.165, 1.54) is 0 Å². The second-order valence-electron chi connectivity index (χ2n) is 10.7. The van der Waals surface area contributed by atoms with E-state index in [1.807, 2.05) is 12.3 Å². The lowest BCUT2D eigenvalue weighted by Crippen LogP contribution is -2.41. The predicted octanol–water partition coefficient (Wildman–Crippen LogP) is 2.18. The van der Waals surface area contributed by atoms with Crippen molar-refractivity contribution < 1.29 is 14.3 Å². The second kappa shape index (κ2) is 8.29. The molecule has 0 spiro atoms. The van der Waals surface area contributed by atoms with Gasteiger partial charge in [0.25, 0.3) is 11.5 Å². The van der Waals surface area contributed by atoms with E-state index in [-0.39, 0.29) is 29.2 Å². The number of fused-ring (bicyclic) bond motifs is 3. The van der Waals surface area contributed by atoms with Gasteiger partial charge in [-0.2, -0.15) is 9.61 Å². The number of nitrogens with zero attached hydrogens (tertiary/aromatic N) is 4. The number of ether oxygens (including phenoxy) is 2. The van der Waals surface area contributed by atoms with Crippen LogP contribution < -0.4 is 21.5 Å². The molecule has 7 rings (SSSR count). The van der Waals surface area contributed by atoms with Gasteiger partial charge in [0.05, 0.1) is 25.0 Å². The standard InChI is InChI=1S/C26H31N7O4/c1-27-21-9-20(29-19-6-4-8-32(25(19)35)22-15-12-37-13-16(15)22)31-23-14(11-28-33(21)23)24(34)30-18-5-3-7-26(36-2)10-17(18)26/h4,6,8-9,11,15-18,22,27H,3,5,7,10,12-13H2,1-2H3,(H,29,31)(H,30,34)/t15-,16+,17?,18-,22+,26+/m1/s1. The number of hydrogen-bond acceptors (Lipinski definition) is 8. The van der Waals surface area contributed by atoms with Crippen LogP contribution in [0.15, 0.2) is 35.4 Å². The van der Waals surface area contributed by atoms with Crippen molar-refractivity contribution in [3.63, 3.8) is 0 Å². The second-order valence-corrected chi connectivity index (χ2v) is 10.7. The normalized spacial score (nSPS) is 31.5. The van der Waals surface area contributed by atoms with E-state index in [4.69, 9.17) is 14.5 Å². The van der Waals surface area contributed by atoms with Crippen LogP contribution in [0.4, 0.5) is 17.3 Å². The van der Waals surface area contributed by atoms with Crippen LogP contribution in [0.2, 0.25) is 0 Å². The van der Waals surface area contributed by atoms with Crippen LogP contribution in [0.25, 0.3) is 5.65 Å². The van der Waals surface area contributed by atoms with Crippen molar-refractivity contribution in [2.24, 2.45) is 17.8 Å². The summed E-state index contributed by atoms with van der Waals surface area (Å²) in [4.78, 5) is 31.3. The first kappa shape index (κ1) is 22.7. The summed E-state index contributed by atoms with van der Waals surface area (Å²) in [6.45, 7) is 1.42. The van der Waals surface area contributed by atoms with Crippen molar-refractivity contribution in [3.05, 3.63) is 46.5 Å². The lowest BCUT2D eigenvalue weighted by atomic mass is 9.92. The molecule has 11 nitrogen and oxygen atoms in total. The highest BCUT2D eigenvalue weighted by molar-refractivity contribution is 6.00. The van der Waals surface area contributed by atoms with Gasteiger partial charge in [-0.25, -0.2) is 4.98 Å². The zero-order valence-electron chi connectivity index (χ0n) is 20.9. The Morgan fingerprint density at radius 3 is 2.92 bits per heavy atom. The Kier molecular flexibility index (Phi) is 5.09. The highest BCUT2D eigenvalue weighted by atomic mass is 16.5. The molecule has 1 amide bonds. The molecule has 3 saturated carbocycles. The lowest BCUT2D eigenvalue weighted by molar-refractivity contribution is 0.0353. The summed E-state index contributed by atoms with van der Waals surface area (Å²) in [5.41, 5.74) is 1.09. The number of anilines is 3. The zero-order chi connectivity index (χ0) is 25.3. The Morgan fingerprint density at radius 1 is 1.30 bits per heavy atom. The van der Waals surface area contributed by atoms with Crippen molar-refractivity contribution in [1.29, 1.82) is 0 Å². The number of hydrogen-bond donors (Lipinski definition) is 3. The summed E-state index contributed by atoms with van der Waals surface area (Å²) in [6.07, 6.45) is 7.40. The van der Waals surface area contributed by atoms with Crippen LogP contribution in [0.5, 0.6) is 0 Å². The van der Waals surface area contributed by atoms with Gasteiger partial charge in [-0.3, -0.25) is 9.59 Å². The molecule has 4 fully saturated rings. The third-order valence-electron chi connectivity index (χ3n) is 8.84. The van der Waals surface area contributed by atoms with E-state index in [2.05, 4.69) is 21.0 Å². The lowest BCUT2D eigenvalue weighted by Gasteiger charge is -2.28. The molecule has 194 valence electrons. The maximum absolute atomic E-state index is 13.3. The van der Waals surface area contributed by atoms with Crippen LogP contribution in [0, 0.1) is 17.8 Å². The summed E-state index contributed by atoms with van der Waals surface area (Å²) in [5, 5.41) is 13.9. The Bertz CT molecular complexity index is 1440. The number of nitrogens with one attached hydrogen (secondary N) is 3. The van der Waals surface area contributed by atoms with E-state index in [1.54, 1.807) is 41.6 Å². The fourth-order valence-electron chi connectivity index (χ4n) is 6.65. The smallest absolute Gasteiger partial charge is 0.274 e. The summed E-state index contributed by atoms with van der Waals surface area (Å²) >= 11 is 0. The molecule has 37 heavy (non-hydrogen) atoms. The topological polar surface area (TPSA) is 124 Å². The molecular weight excluding hydrogens is 474 g/mol. The van der Waals surface area contributed by atoms with Crippen molar-refractivity contribution in [3.8, 4) is 0 Å². The van der Waals surface area contributed by atoms with Gasteiger partial charge in [-0.05, 0) is 37.8 Å². The molecule has 1 aliphatic heterocycles. The predicted molar refractivity (Wildman–Crippen MR) is 136 cm³/mol. The Morgan fingerprint density at radius 2 is 2.14 bits per heavy atom. The van der Waals surface area contributed by atoms with Gasteiger partial charge >= 0.3 is 0 Å². The quantitative estimate of drug-likeness (QED) is 0.447. The number of carbonyl (C=O) groups excluding carboxylic acids is 1. The maximum atomic E-state index is 13.3. The Balaban J connectivity index is 1.17. The summed E-state index contributed by atoms with van der Waals surface area (Å²) < 4.78 is 14.6. The molecule has 0 radical (unpaired) electrons. The minimum absolute atomic E-state index is 0.0688. The summed E-state index contributed by atoms with van der Waals surface area (Å²) in [6, 6.07) is 5.67. The van der Waals surface area contributed by atoms with Gasteiger partial charge in [-0.15, -0.1) is 0 Å². The van der Waals surface area contributed by atoms with Gasteiger partial charge in [0, 0.05) is 56.3 Å². The van der Waals surface area contributed by atoms with Crippen molar-refractivity contribution >= 4 is 28.9 Å². The number of carbonyl (C=O) groups is 1. The van der Waals surface area contributed by atoms with Crippen LogP contribution in [0.1, 0.15) is 42.1 Å². The van der Waals surface area contributed by atoms with Crippen LogP contribution in [-0.4, -0.2) is 64.1 Å². The van der Waals surface area contributed by atoms with E-state index in [0.717, 1.165) is 25.7 Å². The van der Waals surface area contributed by atoms with Crippen LogP contribution >= 0.6 is 0 Å². The summed E-state index contributed by atoms with van der Waals surface area (Å²) in [7, 11) is 3.54. The molecule has 3 aliphatic carbocycles. The number of aromatic nitrogens is 4. The SMILES string of the molecule is CNc1cc(Nc2cccn([C@H]3[C@@H]4COC[C@@H]43)c2=O)nc2c(C(=O)N[C@@H]3CCC[C@]4(OC)CC34)cnn12. The first-order valence-electron chi connectivity index (χ1n) is 13.0. The fraction of sp³-hybridized carbons (Fsp3) is 0.538. The highest BCUT2D eigenvalue weighted by Crippen LogP contribution is 2.56. The first-order chi connectivity index (χ1) is 18.0. The number of pyridine rings is 1. The molecule has 4 heterocycles. The van der Waals surface area contributed by atoms with E-state index >= 15 is 0 Å². The molecule has 3 aromatic heterocycles. The highest BCUT2D eigenvalue weighted by Gasteiger charge is 2.60. The molecule has 0 bridgehead atoms. The molecule has 0 aromatic carbocycles. The third kappa shape index (κ3) is 3.55. The van der Waals surface area contributed by atoms with Gasteiger partial charge in [0.2, 0.25) is 0 Å². The van der Waals surface area contributed by atoms with Crippen molar-refractivity contribution in [2.75, 3.05) is 38.0 Å². The van der Waals surface area contributed by atoms with Gasteiger partial charge in [-0.1, -0.05) is 0 Å². The number of rotatable bonds is 7. The molecule has 4 aliphatic rings. The van der Waals surface area contributed by atoms with Crippen LogP contribution in [0.3, 0.4) is 0 Å². The Hall–Kier alpha value is -3.44. The molecule has 6 atom stereocenters. The van der Waals surface area contributed by atoms with E-state index in [0.29, 0.717) is 59.5 Å². The Labute approximate surface area is 213 Å². The minimum atomic E-state index is -0.199. The van der Waals surface area contributed by atoms with Crippen molar-refractivity contribution in [2.45, 2.75) is 43.4 Å². The number of methoxy groups -OCH3 is 1. The molecular formula is C26H31N7O4. The summed E-state index contributed by atoms with van der Waals surface area (Å²) in [5.74, 6) is 2.09. The third-order valence-corrected chi connectivity index (χ3v) is 8.84. The van der Waals surface area contributed by atoms with E-state index < -0.39 is 0 Å². The first-order valence-corrected chi connectivity index (χ1v) is 13.0. The molecule has 1 saturated heterocycles. The molecule has 1 unspecified atom stereocenters. The van der Waals surface area contributed by atoms with Gasteiger partial charge < -0.3 is 30.0 Å². The average molecular weight is 506 g/mol. The van der Waals surface area contributed by atoms with E-state index in [9.17, 15) is 9.59 Å².